The zero-order valence-corrected chi connectivity index (χ0v) is 14.6. The average Bonchev–Trinajstić information content (AvgIpc) is 3.19. The molecule has 0 unspecified atom stereocenters. The van der Waals surface area contributed by atoms with Gasteiger partial charge in [0.25, 0.3) is 0 Å². The van der Waals surface area contributed by atoms with E-state index in [1.165, 1.54) is 11.3 Å². The first-order valence-corrected chi connectivity index (χ1v) is 8.75. The SMILES string of the molecule is Clc1ccc2nc(-c3cccc(NCc4cnc(Cl)s4)c3)oc2c1. The van der Waals surface area contributed by atoms with E-state index < -0.39 is 0 Å². The second-order valence-electron chi connectivity index (χ2n) is 5.14. The Bertz CT molecular complexity index is 1010. The Labute approximate surface area is 152 Å². The number of hydrogen-bond acceptors (Lipinski definition) is 5. The number of rotatable bonds is 4. The van der Waals surface area contributed by atoms with Crippen molar-refractivity contribution < 1.29 is 4.42 Å². The summed E-state index contributed by atoms with van der Waals surface area (Å²) in [5, 5.41) is 3.98. The van der Waals surface area contributed by atoms with Gasteiger partial charge in [-0.15, -0.1) is 11.3 Å². The molecule has 0 aliphatic heterocycles. The molecular weight excluding hydrogens is 365 g/mol. The molecule has 0 fully saturated rings. The van der Waals surface area contributed by atoms with Crippen molar-refractivity contribution in [3.63, 3.8) is 0 Å². The zero-order valence-electron chi connectivity index (χ0n) is 12.3. The summed E-state index contributed by atoms with van der Waals surface area (Å²) >= 11 is 13.3. The Kier molecular flexibility index (Phi) is 4.14. The third-order valence-corrected chi connectivity index (χ3v) is 4.80. The first-order valence-electron chi connectivity index (χ1n) is 7.18. The van der Waals surface area contributed by atoms with Gasteiger partial charge in [-0.05, 0) is 30.3 Å². The van der Waals surface area contributed by atoms with Crippen molar-refractivity contribution >= 4 is 51.3 Å². The Morgan fingerprint density at radius 2 is 2.04 bits per heavy atom. The predicted molar refractivity (Wildman–Crippen MR) is 98.9 cm³/mol. The third-order valence-electron chi connectivity index (χ3n) is 3.45. The lowest BCUT2D eigenvalue weighted by atomic mass is 10.2. The van der Waals surface area contributed by atoms with Crippen molar-refractivity contribution in [3.8, 4) is 11.5 Å². The first kappa shape index (κ1) is 15.4. The Morgan fingerprint density at radius 3 is 2.88 bits per heavy atom. The van der Waals surface area contributed by atoms with Gasteiger partial charge >= 0.3 is 0 Å². The van der Waals surface area contributed by atoms with Crippen LogP contribution >= 0.6 is 34.5 Å². The monoisotopic (exact) mass is 375 g/mol. The average molecular weight is 376 g/mol. The fraction of sp³-hybridized carbons (Fsp3) is 0.0588. The van der Waals surface area contributed by atoms with E-state index in [1.54, 1.807) is 18.3 Å². The molecule has 0 bridgehead atoms. The van der Waals surface area contributed by atoms with Crippen molar-refractivity contribution in [2.24, 2.45) is 0 Å². The van der Waals surface area contributed by atoms with Crippen LogP contribution in [-0.2, 0) is 6.54 Å². The van der Waals surface area contributed by atoms with Gasteiger partial charge < -0.3 is 9.73 Å². The molecule has 2 aromatic heterocycles. The minimum atomic E-state index is 0.547. The molecule has 0 saturated heterocycles. The number of oxazole rings is 1. The summed E-state index contributed by atoms with van der Waals surface area (Å²) in [4.78, 5) is 9.61. The van der Waals surface area contributed by atoms with Gasteiger partial charge in [0.15, 0.2) is 10.0 Å². The Morgan fingerprint density at radius 1 is 1.12 bits per heavy atom. The molecule has 2 heterocycles. The lowest BCUT2D eigenvalue weighted by Crippen LogP contribution is -1.97. The fourth-order valence-corrected chi connectivity index (χ4v) is 3.42. The van der Waals surface area contributed by atoms with Crippen LogP contribution in [0.4, 0.5) is 5.69 Å². The van der Waals surface area contributed by atoms with Crippen molar-refractivity contribution in [1.29, 1.82) is 0 Å². The predicted octanol–water partition coefficient (Wildman–Crippen LogP) is 5.87. The molecule has 0 atom stereocenters. The minimum absolute atomic E-state index is 0.547. The topological polar surface area (TPSA) is 51.0 Å². The summed E-state index contributed by atoms with van der Waals surface area (Å²) in [6.45, 7) is 0.664. The van der Waals surface area contributed by atoms with Gasteiger partial charge in [0.1, 0.15) is 5.52 Å². The zero-order chi connectivity index (χ0) is 16.5. The molecule has 0 spiro atoms. The maximum absolute atomic E-state index is 5.99. The second-order valence-corrected chi connectivity index (χ2v) is 7.28. The molecule has 24 heavy (non-hydrogen) atoms. The van der Waals surface area contributed by atoms with Crippen molar-refractivity contribution in [1.82, 2.24) is 9.97 Å². The van der Waals surface area contributed by atoms with Crippen molar-refractivity contribution in [2.75, 3.05) is 5.32 Å². The van der Waals surface area contributed by atoms with Crippen LogP contribution in [0.2, 0.25) is 9.49 Å². The van der Waals surface area contributed by atoms with E-state index >= 15 is 0 Å². The van der Waals surface area contributed by atoms with E-state index in [0.29, 0.717) is 27.5 Å². The molecule has 4 nitrogen and oxygen atoms in total. The molecule has 0 saturated carbocycles. The number of anilines is 1. The van der Waals surface area contributed by atoms with Crippen LogP contribution in [0.5, 0.6) is 0 Å². The highest BCUT2D eigenvalue weighted by molar-refractivity contribution is 7.15. The van der Waals surface area contributed by atoms with E-state index in [0.717, 1.165) is 21.6 Å². The summed E-state index contributed by atoms with van der Waals surface area (Å²) in [5.41, 5.74) is 3.33. The van der Waals surface area contributed by atoms with Gasteiger partial charge in [0.05, 0.1) is 6.54 Å². The van der Waals surface area contributed by atoms with E-state index in [-0.39, 0.29) is 0 Å². The molecule has 4 aromatic rings. The van der Waals surface area contributed by atoms with Crippen LogP contribution in [0.15, 0.2) is 53.1 Å². The van der Waals surface area contributed by atoms with Crippen LogP contribution in [0, 0.1) is 0 Å². The van der Waals surface area contributed by atoms with Crippen LogP contribution in [-0.4, -0.2) is 9.97 Å². The molecule has 7 heteroatoms. The van der Waals surface area contributed by atoms with Gasteiger partial charge in [0.2, 0.25) is 5.89 Å². The Balaban J connectivity index is 1.58. The molecule has 120 valence electrons. The number of halogens is 2. The molecule has 0 aliphatic carbocycles. The van der Waals surface area contributed by atoms with Gasteiger partial charge in [-0.2, -0.15) is 0 Å². The van der Waals surface area contributed by atoms with E-state index in [9.17, 15) is 0 Å². The van der Waals surface area contributed by atoms with E-state index in [2.05, 4.69) is 15.3 Å². The number of aromatic nitrogens is 2. The lowest BCUT2D eigenvalue weighted by Gasteiger charge is -2.05. The smallest absolute Gasteiger partial charge is 0.227 e. The number of fused-ring (bicyclic) bond motifs is 1. The summed E-state index contributed by atoms with van der Waals surface area (Å²) in [7, 11) is 0. The highest BCUT2D eigenvalue weighted by Crippen LogP contribution is 2.28. The van der Waals surface area contributed by atoms with Crippen LogP contribution in [0.1, 0.15) is 4.88 Å². The van der Waals surface area contributed by atoms with Gasteiger partial charge in [-0.1, -0.05) is 29.3 Å². The molecule has 1 N–H and O–H groups in total. The second kappa shape index (κ2) is 6.43. The minimum Gasteiger partial charge on any atom is -0.436 e. The molecule has 0 radical (unpaired) electrons. The maximum Gasteiger partial charge on any atom is 0.227 e. The maximum atomic E-state index is 5.99. The molecule has 4 rings (SSSR count). The summed E-state index contributed by atoms with van der Waals surface area (Å²) < 4.78 is 6.35. The number of benzene rings is 2. The number of thiazole rings is 1. The third kappa shape index (κ3) is 3.24. The molecular formula is C17H11Cl2N3OS. The summed E-state index contributed by atoms with van der Waals surface area (Å²) in [6.07, 6.45) is 1.77. The summed E-state index contributed by atoms with van der Waals surface area (Å²) in [6, 6.07) is 13.3. The molecule has 0 amide bonds. The number of nitrogens with one attached hydrogen (secondary N) is 1. The first-order chi connectivity index (χ1) is 11.7. The highest BCUT2D eigenvalue weighted by Gasteiger charge is 2.09. The van der Waals surface area contributed by atoms with Crippen molar-refractivity contribution in [2.45, 2.75) is 6.54 Å². The molecule has 2 aromatic carbocycles. The van der Waals surface area contributed by atoms with Crippen LogP contribution < -0.4 is 5.32 Å². The van der Waals surface area contributed by atoms with Gasteiger partial charge in [0, 0.05) is 33.4 Å². The normalized spacial score (nSPS) is 11.1. The standard InChI is InChI=1S/C17H11Cl2N3OS/c18-11-4-5-14-15(7-11)23-16(22-14)10-2-1-3-12(6-10)20-8-13-9-21-17(19)24-13/h1-7,9,20H,8H2. The number of hydrogen-bond donors (Lipinski definition) is 1. The van der Waals surface area contributed by atoms with E-state index in [4.69, 9.17) is 27.6 Å². The van der Waals surface area contributed by atoms with Crippen molar-refractivity contribution in [3.05, 3.63) is 63.0 Å². The molecule has 0 aliphatic rings. The largest absolute Gasteiger partial charge is 0.436 e. The quantitative estimate of drug-likeness (QED) is 0.484. The number of nitrogens with zero attached hydrogens (tertiary/aromatic N) is 2. The van der Waals surface area contributed by atoms with Gasteiger partial charge in [-0.3, -0.25) is 0 Å². The van der Waals surface area contributed by atoms with Crippen LogP contribution in [0.3, 0.4) is 0 Å². The fourth-order valence-electron chi connectivity index (χ4n) is 2.34. The van der Waals surface area contributed by atoms with Gasteiger partial charge in [-0.25, -0.2) is 9.97 Å². The summed E-state index contributed by atoms with van der Waals surface area (Å²) in [5.74, 6) is 0.566. The van der Waals surface area contributed by atoms with Crippen LogP contribution in [0.25, 0.3) is 22.6 Å². The highest BCUT2D eigenvalue weighted by atomic mass is 35.5. The Hall–Kier alpha value is -2.08. The van der Waals surface area contributed by atoms with E-state index in [1.807, 2.05) is 30.3 Å². The lowest BCUT2D eigenvalue weighted by molar-refractivity contribution is 0.620.